The lowest BCUT2D eigenvalue weighted by atomic mass is 10.4. The van der Waals surface area contributed by atoms with Crippen LogP contribution in [0.25, 0.3) is 6.20 Å². The molecule has 0 bridgehead atoms. The van der Waals surface area contributed by atoms with Crippen molar-refractivity contribution in [3.8, 4) is 0 Å². The van der Waals surface area contributed by atoms with Gasteiger partial charge in [0.1, 0.15) is 0 Å². The van der Waals surface area contributed by atoms with Crippen molar-refractivity contribution < 1.29 is 17.0 Å². The van der Waals surface area contributed by atoms with E-state index in [2.05, 4.69) is 6.58 Å². The molecule has 0 atom stereocenters. The van der Waals surface area contributed by atoms with Gasteiger partial charge in [0.25, 0.3) is 0 Å². The molecule has 1 heterocycles. The first-order valence-corrected chi connectivity index (χ1v) is 2.94. The summed E-state index contributed by atoms with van der Waals surface area (Å²) in [7, 11) is 0. The monoisotopic (exact) mass is 155 g/mol. The fourth-order valence-electron chi connectivity index (χ4n) is 0.746. The molecule has 0 radical (unpaired) electrons. The Labute approximate surface area is 67.4 Å². The predicted molar refractivity (Wildman–Crippen MR) is 37.8 cm³/mol. The third kappa shape index (κ3) is 1.85. The zero-order valence-electron chi connectivity index (χ0n) is 5.92. The molecule has 1 nitrogen and oxygen atoms in total. The Hall–Kier alpha value is -0.820. The average molecular weight is 156 g/mol. The van der Waals surface area contributed by atoms with Gasteiger partial charge in [0.05, 0.1) is 0 Å². The molecule has 0 saturated carbocycles. The van der Waals surface area contributed by atoms with E-state index in [9.17, 15) is 0 Å². The number of aromatic nitrogens is 1. The van der Waals surface area contributed by atoms with Crippen LogP contribution in [0.1, 0.15) is 5.69 Å². The van der Waals surface area contributed by atoms with Crippen LogP contribution in [0.3, 0.4) is 0 Å². The van der Waals surface area contributed by atoms with Gasteiger partial charge in [0.15, 0.2) is 18.1 Å². The largest absolute Gasteiger partial charge is 1.00 e. The van der Waals surface area contributed by atoms with E-state index in [-0.39, 0.29) is 12.4 Å². The van der Waals surface area contributed by atoms with E-state index in [0.29, 0.717) is 0 Å². The summed E-state index contributed by atoms with van der Waals surface area (Å²) >= 11 is 0. The molecule has 0 fully saturated rings. The summed E-state index contributed by atoms with van der Waals surface area (Å²) in [5, 5.41) is 0. The van der Waals surface area contributed by atoms with E-state index in [1.54, 1.807) is 6.20 Å². The first-order chi connectivity index (χ1) is 4.34. The molecule has 0 aliphatic carbocycles. The second-order valence-corrected chi connectivity index (χ2v) is 1.93. The molecule has 10 heavy (non-hydrogen) atoms. The van der Waals surface area contributed by atoms with Gasteiger partial charge in [0, 0.05) is 19.1 Å². The van der Waals surface area contributed by atoms with Gasteiger partial charge in [0.2, 0.25) is 0 Å². The Kier molecular flexibility index (Phi) is 3.74. The van der Waals surface area contributed by atoms with E-state index < -0.39 is 0 Å². The van der Waals surface area contributed by atoms with E-state index in [4.69, 9.17) is 0 Å². The highest BCUT2D eigenvalue weighted by atomic mass is 35.5. The molecule has 0 aromatic carbocycles. The van der Waals surface area contributed by atoms with Crippen LogP contribution in [0.15, 0.2) is 31.0 Å². The van der Waals surface area contributed by atoms with Gasteiger partial charge >= 0.3 is 0 Å². The number of rotatable bonds is 1. The van der Waals surface area contributed by atoms with Crippen molar-refractivity contribution in [2.24, 2.45) is 0 Å². The van der Waals surface area contributed by atoms with Crippen LogP contribution >= 0.6 is 0 Å². The minimum absolute atomic E-state index is 0. The minimum Gasteiger partial charge on any atom is -1.00 e. The van der Waals surface area contributed by atoms with Gasteiger partial charge in [-0.2, -0.15) is 4.57 Å². The fraction of sp³-hybridized carbons (Fsp3) is 0.125. The van der Waals surface area contributed by atoms with Crippen LogP contribution in [0.4, 0.5) is 0 Å². The van der Waals surface area contributed by atoms with Crippen LogP contribution < -0.4 is 17.0 Å². The zero-order valence-corrected chi connectivity index (χ0v) is 6.67. The van der Waals surface area contributed by atoms with Gasteiger partial charge in [-0.25, -0.2) is 0 Å². The third-order valence-corrected chi connectivity index (χ3v) is 1.30. The maximum atomic E-state index is 3.65. The lowest BCUT2D eigenvalue weighted by Crippen LogP contribution is -3.00. The lowest BCUT2D eigenvalue weighted by Gasteiger charge is -1.88. The molecule has 54 valence electrons. The average Bonchev–Trinajstić information content (AvgIpc) is 1.89. The molecule has 0 spiro atoms. The van der Waals surface area contributed by atoms with Crippen molar-refractivity contribution in [2.75, 3.05) is 0 Å². The van der Waals surface area contributed by atoms with Crippen molar-refractivity contribution in [1.82, 2.24) is 0 Å². The second-order valence-electron chi connectivity index (χ2n) is 1.93. The van der Waals surface area contributed by atoms with Gasteiger partial charge in [-0.15, -0.1) is 0 Å². The fourth-order valence-corrected chi connectivity index (χ4v) is 0.746. The molecule has 1 aromatic heterocycles. The van der Waals surface area contributed by atoms with Crippen LogP contribution in [0.5, 0.6) is 0 Å². The Morgan fingerprint density at radius 1 is 1.50 bits per heavy atom. The van der Waals surface area contributed by atoms with E-state index in [1.807, 2.05) is 35.9 Å². The summed E-state index contributed by atoms with van der Waals surface area (Å²) in [6.45, 7) is 5.70. The molecular weight excluding hydrogens is 146 g/mol. The molecule has 1 aromatic rings. The number of pyridine rings is 1. The van der Waals surface area contributed by atoms with Crippen molar-refractivity contribution >= 4 is 6.20 Å². The third-order valence-electron chi connectivity index (χ3n) is 1.30. The summed E-state index contributed by atoms with van der Waals surface area (Å²) in [5.74, 6) is 0. The SMILES string of the molecule is C=C[n+]1ccccc1C.[Cl-]. The highest BCUT2D eigenvalue weighted by Gasteiger charge is 1.95. The zero-order chi connectivity index (χ0) is 6.69. The van der Waals surface area contributed by atoms with Gasteiger partial charge in [-0.05, 0) is 6.58 Å². The Bertz CT molecular complexity index is 220. The molecule has 0 aliphatic heterocycles. The van der Waals surface area contributed by atoms with Crippen LogP contribution in [0.2, 0.25) is 0 Å². The summed E-state index contributed by atoms with van der Waals surface area (Å²) in [5.41, 5.74) is 1.20. The van der Waals surface area contributed by atoms with Crippen molar-refractivity contribution in [1.29, 1.82) is 0 Å². The number of halogens is 1. The quantitative estimate of drug-likeness (QED) is 0.430. The lowest BCUT2D eigenvalue weighted by molar-refractivity contribution is -0.575. The number of hydrogen-bond donors (Lipinski definition) is 0. The molecular formula is C8H10ClN. The molecule has 0 amide bonds. The van der Waals surface area contributed by atoms with Crippen LogP contribution in [-0.2, 0) is 0 Å². The topological polar surface area (TPSA) is 3.88 Å². The maximum absolute atomic E-state index is 3.65. The second kappa shape index (κ2) is 4.07. The minimum atomic E-state index is 0. The number of aryl methyl sites for hydroxylation is 1. The number of hydrogen-bond acceptors (Lipinski definition) is 0. The Balaban J connectivity index is 0.000000810. The van der Waals surface area contributed by atoms with E-state index >= 15 is 0 Å². The summed E-state index contributed by atoms with van der Waals surface area (Å²) in [6, 6.07) is 6.03. The van der Waals surface area contributed by atoms with Crippen molar-refractivity contribution in [2.45, 2.75) is 6.92 Å². The molecule has 2 heteroatoms. The summed E-state index contributed by atoms with van der Waals surface area (Å²) in [4.78, 5) is 0. The van der Waals surface area contributed by atoms with E-state index in [1.165, 1.54) is 5.69 Å². The molecule has 1 rings (SSSR count). The Morgan fingerprint density at radius 3 is 2.60 bits per heavy atom. The standard InChI is InChI=1S/C8H10N.ClH/c1-3-9-7-5-4-6-8(9)2;/h3-7H,1H2,2H3;1H/q+1;/p-1. The Morgan fingerprint density at radius 2 is 2.20 bits per heavy atom. The molecule has 0 unspecified atom stereocenters. The maximum Gasteiger partial charge on any atom is 0.183 e. The molecule has 0 saturated heterocycles. The molecule has 0 aliphatic rings. The van der Waals surface area contributed by atoms with Crippen LogP contribution in [0, 0.1) is 6.92 Å². The van der Waals surface area contributed by atoms with Gasteiger partial charge < -0.3 is 12.4 Å². The summed E-state index contributed by atoms with van der Waals surface area (Å²) in [6.07, 6.45) is 3.76. The first kappa shape index (κ1) is 9.18. The van der Waals surface area contributed by atoms with Crippen molar-refractivity contribution in [3.05, 3.63) is 36.7 Å². The van der Waals surface area contributed by atoms with Gasteiger partial charge in [-0.3, -0.25) is 0 Å². The highest BCUT2D eigenvalue weighted by molar-refractivity contribution is 5.02. The van der Waals surface area contributed by atoms with Crippen LogP contribution in [-0.4, -0.2) is 0 Å². The molecule has 0 N–H and O–H groups in total. The highest BCUT2D eigenvalue weighted by Crippen LogP contribution is 1.85. The summed E-state index contributed by atoms with van der Waals surface area (Å²) < 4.78 is 1.97. The predicted octanol–water partition coefficient (Wildman–Crippen LogP) is -1.61. The van der Waals surface area contributed by atoms with E-state index in [0.717, 1.165) is 0 Å². The smallest absolute Gasteiger partial charge is 0.183 e. The van der Waals surface area contributed by atoms with Crippen molar-refractivity contribution in [3.63, 3.8) is 0 Å². The normalized spacial score (nSPS) is 8.10. The van der Waals surface area contributed by atoms with Gasteiger partial charge in [-0.1, -0.05) is 6.07 Å². The first-order valence-electron chi connectivity index (χ1n) is 2.94. The number of nitrogens with zero attached hydrogens (tertiary/aromatic N) is 1.